The van der Waals surface area contributed by atoms with E-state index in [9.17, 15) is 5.26 Å². The van der Waals surface area contributed by atoms with E-state index >= 15 is 0 Å². The quantitative estimate of drug-likeness (QED) is 0.163. The molecule has 0 N–H and O–H groups in total. The first-order valence-corrected chi connectivity index (χ1v) is 9.66. The highest BCUT2D eigenvalue weighted by Gasteiger charge is 2.32. The fourth-order valence-electron chi connectivity index (χ4n) is 4.18. The molecule has 6 rings (SSSR count). The molecule has 8 heteroatoms. The second-order valence-electron chi connectivity index (χ2n) is 7.07. The lowest BCUT2D eigenvalue weighted by molar-refractivity contribution is 1.21. The predicted molar refractivity (Wildman–Crippen MR) is 120 cm³/mol. The van der Waals surface area contributed by atoms with Crippen LogP contribution in [-0.2, 0) is 0 Å². The molecule has 3 aromatic heterocycles. The smallest absolute Gasteiger partial charge is 0.206 e. The van der Waals surface area contributed by atoms with Crippen molar-refractivity contribution in [1.29, 1.82) is 5.26 Å². The molecule has 0 unspecified atom stereocenters. The van der Waals surface area contributed by atoms with E-state index in [-0.39, 0.29) is 0 Å². The van der Waals surface area contributed by atoms with Gasteiger partial charge in [-0.1, -0.05) is 24.3 Å². The molecule has 146 valence electrons. The first-order chi connectivity index (χ1) is 15.8. The summed E-state index contributed by atoms with van der Waals surface area (Å²) in [5.41, 5.74) is 5.68. The van der Waals surface area contributed by atoms with Crippen molar-refractivity contribution in [3.63, 3.8) is 0 Å². The maximum Gasteiger partial charge on any atom is 0.206 e. The van der Waals surface area contributed by atoms with Crippen molar-refractivity contribution in [2.75, 3.05) is 0 Å². The molecule has 0 radical (unpaired) electrons. The van der Waals surface area contributed by atoms with E-state index < -0.39 is 0 Å². The monoisotopic (exact) mass is 410 g/mol. The van der Waals surface area contributed by atoms with Crippen molar-refractivity contribution in [2.24, 2.45) is 10.1 Å². The second-order valence-corrected chi connectivity index (χ2v) is 7.07. The van der Waals surface area contributed by atoms with E-state index in [0.29, 0.717) is 45.0 Å². The fourth-order valence-corrected chi connectivity index (χ4v) is 4.18. The summed E-state index contributed by atoms with van der Waals surface area (Å²) in [6.45, 7) is 7.34. The van der Waals surface area contributed by atoms with E-state index in [0.717, 1.165) is 21.8 Å². The number of pyridine rings is 2. The van der Waals surface area contributed by atoms with Gasteiger partial charge in [-0.25, -0.2) is 9.97 Å². The van der Waals surface area contributed by atoms with Crippen molar-refractivity contribution >= 4 is 44.3 Å². The number of hydrogen-bond acceptors (Lipinski definition) is 7. The number of nitriles is 1. The fraction of sp³-hybridized carbons (Fsp3) is 0. The van der Waals surface area contributed by atoms with E-state index in [1.54, 1.807) is 12.4 Å². The number of hydrogen-bond donors (Lipinski definition) is 0. The first kappa shape index (κ1) is 17.8. The molecule has 0 fully saturated rings. The summed E-state index contributed by atoms with van der Waals surface area (Å²) >= 11 is 0. The third kappa shape index (κ3) is 2.35. The van der Waals surface area contributed by atoms with E-state index in [2.05, 4.69) is 25.0 Å². The van der Waals surface area contributed by atoms with Crippen molar-refractivity contribution in [3.05, 3.63) is 95.0 Å². The Labute approximate surface area is 181 Å². The van der Waals surface area contributed by atoms with Gasteiger partial charge in [0.15, 0.2) is 5.71 Å². The van der Waals surface area contributed by atoms with Crippen molar-refractivity contribution in [3.8, 4) is 6.19 Å². The largest absolute Gasteiger partial charge is 0.254 e. The molecule has 0 spiro atoms. The average Bonchev–Trinajstić information content (AvgIpc) is 2.85. The van der Waals surface area contributed by atoms with Gasteiger partial charge in [-0.05, 0) is 24.3 Å². The summed E-state index contributed by atoms with van der Waals surface area (Å²) in [5.74, 6) is 0. The van der Waals surface area contributed by atoms with Gasteiger partial charge in [-0.3, -0.25) is 9.97 Å². The minimum absolute atomic E-state index is 0.403. The molecule has 1 aliphatic rings. The SMILES string of the molecule is [C-]#[N+]/N=C1/c2ccccc2C(=NC#N)c2nc3c4cccnc4c4ncccc4c3nc21. The topological polar surface area (TPSA) is 104 Å². The normalized spacial score (nSPS) is 14.9. The Morgan fingerprint density at radius 2 is 1.31 bits per heavy atom. The van der Waals surface area contributed by atoms with Gasteiger partial charge in [-0.15, -0.1) is 4.95 Å². The van der Waals surface area contributed by atoms with Gasteiger partial charge < -0.3 is 0 Å². The van der Waals surface area contributed by atoms with Crippen LogP contribution >= 0.6 is 0 Å². The molecule has 0 atom stereocenters. The third-order valence-corrected chi connectivity index (χ3v) is 5.44. The summed E-state index contributed by atoms with van der Waals surface area (Å²) in [4.78, 5) is 26.3. The maximum absolute atomic E-state index is 9.38. The molecule has 0 aliphatic heterocycles. The van der Waals surface area contributed by atoms with Crippen LogP contribution in [0.15, 0.2) is 71.0 Å². The van der Waals surface area contributed by atoms with Crippen molar-refractivity contribution in [1.82, 2.24) is 19.9 Å². The number of benzene rings is 2. The van der Waals surface area contributed by atoms with Gasteiger partial charge in [0.25, 0.3) is 0 Å². The van der Waals surface area contributed by atoms with Crippen LogP contribution in [-0.4, -0.2) is 31.4 Å². The van der Waals surface area contributed by atoms with E-state index in [4.69, 9.17) is 16.5 Å². The summed E-state index contributed by atoms with van der Waals surface area (Å²) < 4.78 is 0. The second kappa shape index (κ2) is 6.73. The van der Waals surface area contributed by atoms with Crippen LogP contribution < -0.4 is 0 Å². The lowest BCUT2D eigenvalue weighted by atomic mass is 9.88. The Morgan fingerprint density at radius 1 is 0.750 bits per heavy atom. The van der Waals surface area contributed by atoms with Gasteiger partial charge in [-0.2, -0.15) is 16.8 Å². The minimum Gasteiger partial charge on any atom is -0.254 e. The van der Waals surface area contributed by atoms with Gasteiger partial charge >= 0.3 is 0 Å². The molecule has 3 heterocycles. The Kier molecular flexibility index (Phi) is 3.73. The highest BCUT2D eigenvalue weighted by atomic mass is 15.2. The van der Waals surface area contributed by atoms with Gasteiger partial charge in [0.05, 0.1) is 27.2 Å². The van der Waals surface area contributed by atoms with Crippen LogP contribution in [0.2, 0.25) is 0 Å². The van der Waals surface area contributed by atoms with Crippen LogP contribution in [0.1, 0.15) is 22.5 Å². The van der Waals surface area contributed by atoms with Gasteiger partial charge in [0.2, 0.25) is 6.19 Å². The number of aromatic nitrogens is 4. The van der Waals surface area contributed by atoms with Gasteiger partial charge in [0, 0.05) is 34.3 Å². The third-order valence-electron chi connectivity index (χ3n) is 5.44. The molecular weight excluding hydrogens is 400 g/mol. The minimum atomic E-state index is 0.403. The lowest BCUT2D eigenvalue weighted by Gasteiger charge is -2.20. The number of aliphatic imine (C=N–C) groups is 1. The Morgan fingerprint density at radius 3 is 1.88 bits per heavy atom. The average molecular weight is 410 g/mol. The van der Waals surface area contributed by atoms with E-state index in [1.807, 2.05) is 54.7 Å². The Hall–Kier alpha value is -5.08. The maximum atomic E-state index is 9.38. The zero-order chi connectivity index (χ0) is 21.7. The highest BCUT2D eigenvalue weighted by molar-refractivity contribution is 6.32. The van der Waals surface area contributed by atoms with Crippen molar-refractivity contribution in [2.45, 2.75) is 0 Å². The lowest BCUT2D eigenvalue weighted by Crippen LogP contribution is -2.25. The Bertz CT molecular complexity index is 1620. The molecule has 0 saturated heterocycles. The highest BCUT2D eigenvalue weighted by Crippen LogP contribution is 2.34. The predicted octanol–water partition coefficient (Wildman–Crippen LogP) is 4.03. The Balaban J connectivity index is 1.85. The van der Waals surface area contributed by atoms with E-state index in [1.165, 1.54) is 0 Å². The summed E-state index contributed by atoms with van der Waals surface area (Å²) in [5, 5.41) is 15.0. The first-order valence-electron chi connectivity index (χ1n) is 9.66. The number of fused-ring (bicyclic) bond motifs is 8. The zero-order valence-corrected chi connectivity index (χ0v) is 16.4. The summed E-state index contributed by atoms with van der Waals surface area (Å²) in [7, 11) is 0. The van der Waals surface area contributed by atoms with Crippen LogP contribution in [0.5, 0.6) is 0 Å². The molecule has 0 saturated carbocycles. The zero-order valence-electron chi connectivity index (χ0n) is 16.4. The van der Waals surface area contributed by atoms with Crippen LogP contribution in [0.4, 0.5) is 0 Å². The molecule has 8 nitrogen and oxygen atoms in total. The molecule has 0 amide bonds. The number of nitrogens with zero attached hydrogens (tertiary/aromatic N) is 8. The summed E-state index contributed by atoms with van der Waals surface area (Å²) in [6.07, 6.45) is 5.31. The molecular formula is C24H10N8. The molecule has 5 aromatic rings. The van der Waals surface area contributed by atoms with Crippen LogP contribution in [0.25, 0.3) is 37.8 Å². The number of rotatable bonds is 0. The molecule has 32 heavy (non-hydrogen) atoms. The summed E-state index contributed by atoms with van der Waals surface area (Å²) in [6, 6.07) is 14.9. The molecule has 0 bridgehead atoms. The van der Waals surface area contributed by atoms with Crippen LogP contribution in [0.3, 0.4) is 0 Å². The van der Waals surface area contributed by atoms with Gasteiger partial charge in [0.1, 0.15) is 17.1 Å². The molecule has 2 aromatic carbocycles. The molecule has 1 aliphatic carbocycles. The van der Waals surface area contributed by atoms with Crippen LogP contribution in [0, 0.1) is 18.0 Å². The van der Waals surface area contributed by atoms with Crippen molar-refractivity contribution < 1.29 is 0 Å². The standard InChI is InChI=1S/C24H10N8/c1-26-32-22-14-7-3-2-6-13(14)17(29-12-25)23-24(22)31-21-16-9-5-11-28-19(16)18-15(20(21)30-23)8-4-10-27-18/h2-11H/b29-17?,32-22-.